The number of carboxylic acid groups (broad SMARTS) is 1. The van der Waals surface area contributed by atoms with Gasteiger partial charge in [-0.1, -0.05) is 31.2 Å². The second-order valence-corrected chi connectivity index (χ2v) is 4.35. The summed E-state index contributed by atoms with van der Waals surface area (Å²) < 4.78 is 0. The van der Waals surface area contributed by atoms with E-state index in [0.29, 0.717) is 6.54 Å². The van der Waals surface area contributed by atoms with Gasteiger partial charge in [-0.25, -0.2) is 4.79 Å². The van der Waals surface area contributed by atoms with Gasteiger partial charge in [0.05, 0.1) is 0 Å². The number of hydrogen-bond donors (Lipinski definition) is 1. The molecule has 1 aromatic rings. The van der Waals surface area contributed by atoms with Crippen molar-refractivity contribution in [3.05, 3.63) is 47.5 Å². The highest BCUT2D eigenvalue weighted by Gasteiger charge is 2.05. The highest BCUT2D eigenvalue weighted by Crippen LogP contribution is 2.06. The van der Waals surface area contributed by atoms with Crippen molar-refractivity contribution >= 4 is 11.9 Å². The van der Waals surface area contributed by atoms with Crippen molar-refractivity contribution in [2.24, 2.45) is 0 Å². The molecule has 0 saturated heterocycles. The van der Waals surface area contributed by atoms with Crippen LogP contribution in [0.3, 0.4) is 0 Å². The molecular formula is C15H19NO3. The first-order valence-corrected chi connectivity index (χ1v) is 6.27. The minimum atomic E-state index is -1.11. The van der Waals surface area contributed by atoms with Crippen LogP contribution in [-0.4, -0.2) is 35.5 Å². The minimum Gasteiger partial charge on any atom is -0.478 e. The maximum atomic E-state index is 11.5. The molecule has 19 heavy (non-hydrogen) atoms. The summed E-state index contributed by atoms with van der Waals surface area (Å²) in [5.41, 5.74) is 2.46. The van der Waals surface area contributed by atoms with Gasteiger partial charge in [-0.2, -0.15) is 0 Å². The standard InChI is InChI=1S/C15H19NO3/c1-3-12-4-6-13(7-5-12)10-11-16(2)14(17)8-9-15(18)19/h4-9H,3,10-11H2,1-2H3,(H,18,19)/b9-8+. The first kappa shape index (κ1) is 15.0. The van der Waals surface area contributed by atoms with Crippen molar-refractivity contribution in [2.45, 2.75) is 19.8 Å². The molecular weight excluding hydrogens is 242 g/mol. The lowest BCUT2D eigenvalue weighted by Gasteiger charge is -2.14. The highest BCUT2D eigenvalue weighted by atomic mass is 16.4. The molecule has 0 radical (unpaired) electrons. The summed E-state index contributed by atoms with van der Waals surface area (Å²) in [6.45, 7) is 2.67. The van der Waals surface area contributed by atoms with Crippen LogP contribution in [-0.2, 0) is 22.4 Å². The number of hydrogen-bond acceptors (Lipinski definition) is 2. The highest BCUT2D eigenvalue weighted by molar-refractivity contribution is 5.93. The Morgan fingerprint density at radius 1 is 1.16 bits per heavy atom. The zero-order chi connectivity index (χ0) is 14.3. The molecule has 4 heteroatoms. The fraction of sp³-hybridized carbons (Fsp3) is 0.333. The van der Waals surface area contributed by atoms with Gasteiger partial charge in [0.25, 0.3) is 0 Å². The molecule has 1 N–H and O–H groups in total. The maximum Gasteiger partial charge on any atom is 0.328 e. The molecule has 4 nitrogen and oxygen atoms in total. The summed E-state index contributed by atoms with van der Waals surface area (Å²) in [5, 5.41) is 8.44. The zero-order valence-corrected chi connectivity index (χ0v) is 11.3. The molecule has 1 rings (SSSR count). The zero-order valence-electron chi connectivity index (χ0n) is 11.3. The Hall–Kier alpha value is -2.10. The van der Waals surface area contributed by atoms with Crippen LogP contribution in [0.1, 0.15) is 18.1 Å². The van der Waals surface area contributed by atoms with Crippen molar-refractivity contribution in [1.29, 1.82) is 0 Å². The van der Waals surface area contributed by atoms with E-state index in [4.69, 9.17) is 5.11 Å². The number of aryl methyl sites for hydroxylation is 1. The van der Waals surface area contributed by atoms with E-state index in [1.54, 1.807) is 7.05 Å². The Labute approximate surface area is 113 Å². The lowest BCUT2D eigenvalue weighted by molar-refractivity contribution is -0.132. The Kier molecular flexibility index (Phi) is 5.79. The minimum absolute atomic E-state index is 0.299. The molecule has 0 aliphatic heterocycles. The molecule has 0 bridgehead atoms. The summed E-state index contributed by atoms with van der Waals surface area (Å²) in [7, 11) is 1.66. The first-order chi connectivity index (χ1) is 9.02. The van der Waals surface area contributed by atoms with E-state index in [2.05, 4.69) is 31.2 Å². The molecule has 0 unspecified atom stereocenters. The average Bonchev–Trinajstić information content (AvgIpc) is 2.42. The number of likely N-dealkylation sites (N-methyl/N-ethyl adjacent to an activating group) is 1. The first-order valence-electron chi connectivity index (χ1n) is 6.27. The van der Waals surface area contributed by atoms with E-state index in [-0.39, 0.29) is 5.91 Å². The second-order valence-electron chi connectivity index (χ2n) is 4.35. The third-order valence-corrected chi connectivity index (χ3v) is 2.91. The van der Waals surface area contributed by atoms with E-state index in [0.717, 1.165) is 25.0 Å². The van der Waals surface area contributed by atoms with Crippen LogP contribution in [0.25, 0.3) is 0 Å². The molecule has 0 spiro atoms. The van der Waals surface area contributed by atoms with Gasteiger partial charge in [-0.3, -0.25) is 4.79 Å². The van der Waals surface area contributed by atoms with Crippen molar-refractivity contribution in [3.63, 3.8) is 0 Å². The van der Waals surface area contributed by atoms with Gasteiger partial charge in [0, 0.05) is 25.7 Å². The fourth-order valence-electron chi connectivity index (χ4n) is 1.62. The SMILES string of the molecule is CCc1ccc(CCN(C)C(=O)/C=C/C(=O)O)cc1. The monoisotopic (exact) mass is 261 g/mol. The maximum absolute atomic E-state index is 11.5. The van der Waals surface area contributed by atoms with E-state index in [9.17, 15) is 9.59 Å². The van der Waals surface area contributed by atoms with Gasteiger partial charge in [0.1, 0.15) is 0 Å². The Morgan fingerprint density at radius 3 is 2.26 bits per heavy atom. The molecule has 0 fully saturated rings. The van der Waals surface area contributed by atoms with Crippen LogP contribution in [0.4, 0.5) is 0 Å². The van der Waals surface area contributed by atoms with E-state index in [1.165, 1.54) is 16.0 Å². The second kappa shape index (κ2) is 7.36. The van der Waals surface area contributed by atoms with Crippen LogP contribution in [0.15, 0.2) is 36.4 Å². The molecule has 0 heterocycles. The number of nitrogens with zero attached hydrogens (tertiary/aromatic N) is 1. The molecule has 0 atom stereocenters. The quantitative estimate of drug-likeness (QED) is 0.796. The summed E-state index contributed by atoms with van der Waals surface area (Å²) in [5.74, 6) is -1.41. The number of benzene rings is 1. The van der Waals surface area contributed by atoms with Crippen LogP contribution in [0.2, 0.25) is 0 Å². The van der Waals surface area contributed by atoms with Gasteiger partial charge >= 0.3 is 5.97 Å². The summed E-state index contributed by atoms with van der Waals surface area (Å²) in [6.07, 6.45) is 3.70. The van der Waals surface area contributed by atoms with E-state index < -0.39 is 5.97 Å². The van der Waals surface area contributed by atoms with E-state index in [1.807, 2.05) is 0 Å². The lowest BCUT2D eigenvalue weighted by Crippen LogP contribution is -2.27. The molecule has 102 valence electrons. The Balaban J connectivity index is 2.46. The van der Waals surface area contributed by atoms with Gasteiger partial charge in [0.2, 0.25) is 5.91 Å². The fourth-order valence-corrected chi connectivity index (χ4v) is 1.62. The largest absolute Gasteiger partial charge is 0.478 e. The van der Waals surface area contributed by atoms with Gasteiger partial charge in [0.15, 0.2) is 0 Å². The van der Waals surface area contributed by atoms with Gasteiger partial charge in [-0.15, -0.1) is 0 Å². The van der Waals surface area contributed by atoms with Crippen LogP contribution in [0.5, 0.6) is 0 Å². The number of carbonyl (C=O) groups is 2. The van der Waals surface area contributed by atoms with Crippen molar-refractivity contribution in [1.82, 2.24) is 4.90 Å². The molecule has 0 aliphatic rings. The molecule has 1 amide bonds. The predicted molar refractivity (Wildman–Crippen MR) is 73.9 cm³/mol. The molecule has 0 aromatic heterocycles. The van der Waals surface area contributed by atoms with Crippen molar-refractivity contribution in [2.75, 3.05) is 13.6 Å². The smallest absolute Gasteiger partial charge is 0.328 e. The Bertz CT molecular complexity index is 463. The summed E-state index contributed by atoms with van der Waals surface area (Å²) in [6, 6.07) is 8.29. The normalized spacial score (nSPS) is 10.6. The third-order valence-electron chi connectivity index (χ3n) is 2.91. The number of carbonyl (C=O) groups excluding carboxylic acids is 1. The number of rotatable bonds is 6. The molecule has 0 saturated carbocycles. The number of carboxylic acids is 1. The predicted octanol–water partition coefficient (Wildman–Crippen LogP) is 1.89. The van der Waals surface area contributed by atoms with Gasteiger partial charge in [-0.05, 0) is 24.0 Å². The van der Waals surface area contributed by atoms with Crippen LogP contribution >= 0.6 is 0 Å². The van der Waals surface area contributed by atoms with Crippen LogP contribution < -0.4 is 0 Å². The van der Waals surface area contributed by atoms with Gasteiger partial charge < -0.3 is 10.0 Å². The summed E-state index contributed by atoms with van der Waals surface area (Å²) >= 11 is 0. The molecule has 0 aliphatic carbocycles. The average molecular weight is 261 g/mol. The lowest BCUT2D eigenvalue weighted by atomic mass is 10.1. The topological polar surface area (TPSA) is 57.6 Å². The van der Waals surface area contributed by atoms with E-state index >= 15 is 0 Å². The van der Waals surface area contributed by atoms with Crippen molar-refractivity contribution < 1.29 is 14.7 Å². The third kappa shape index (κ3) is 5.38. The van der Waals surface area contributed by atoms with Crippen LogP contribution in [0, 0.1) is 0 Å². The number of amides is 1. The number of aliphatic carboxylic acids is 1. The van der Waals surface area contributed by atoms with Crippen molar-refractivity contribution in [3.8, 4) is 0 Å². The molecule has 1 aromatic carbocycles. The summed E-state index contributed by atoms with van der Waals surface area (Å²) in [4.78, 5) is 23.4. The Morgan fingerprint density at radius 2 is 1.74 bits per heavy atom.